The first-order chi connectivity index (χ1) is 17.5. The summed E-state index contributed by atoms with van der Waals surface area (Å²) in [6, 6.07) is 11.8. The molecule has 0 aliphatic carbocycles. The van der Waals surface area contributed by atoms with Crippen molar-refractivity contribution in [2.45, 2.75) is 18.8 Å². The molecule has 0 saturated carbocycles. The number of halogens is 7. The SMILES string of the molecule is Fc1ccccc1-c1nc2c(Cc3ccc(-c4ccc(C(F)(F)F)cc4C(F)(F)F)nn3)nccc2[nH]1. The van der Waals surface area contributed by atoms with Gasteiger partial charge < -0.3 is 4.98 Å². The van der Waals surface area contributed by atoms with Gasteiger partial charge >= 0.3 is 12.4 Å². The smallest absolute Gasteiger partial charge is 0.338 e. The minimum absolute atomic E-state index is 0.0558. The third-order valence-electron chi connectivity index (χ3n) is 5.60. The monoisotopic (exact) mass is 517 g/mol. The van der Waals surface area contributed by atoms with Crippen molar-refractivity contribution in [2.75, 3.05) is 0 Å². The maximum absolute atomic E-state index is 14.2. The number of aromatic amines is 1. The standard InChI is InChI=1S/C25H14F7N5/c26-18-4-2-1-3-16(18)23-34-20-9-10-33-21(22(20)35-23)12-14-6-8-19(37-36-14)15-7-5-13(24(27,28)29)11-17(15)25(30,31)32/h1-11H,12H2,(H,34,35). The Hall–Kier alpha value is -4.35. The van der Waals surface area contributed by atoms with Gasteiger partial charge in [0.2, 0.25) is 0 Å². The van der Waals surface area contributed by atoms with E-state index in [0.29, 0.717) is 34.3 Å². The molecule has 0 fully saturated rings. The van der Waals surface area contributed by atoms with Gasteiger partial charge in [-0.05, 0) is 42.5 Å². The number of hydrogen-bond donors (Lipinski definition) is 1. The van der Waals surface area contributed by atoms with Crippen molar-refractivity contribution in [1.29, 1.82) is 0 Å². The summed E-state index contributed by atoms with van der Waals surface area (Å²) in [6.07, 6.45) is -8.35. The van der Waals surface area contributed by atoms with E-state index < -0.39 is 34.9 Å². The molecule has 5 nitrogen and oxygen atoms in total. The van der Waals surface area contributed by atoms with Crippen LogP contribution < -0.4 is 0 Å². The minimum Gasteiger partial charge on any atom is -0.338 e. The molecular formula is C25H14F7N5. The van der Waals surface area contributed by atoms with Gasteiger partial charge in [0, 0.05) is 18.2 Å². The number of aromatic nitrogens is 5. The number of H-pyrrole nitrogens is 1. The van der Waals surface area contributed by atoms with Crippen molar-refractivity contribution in [3.05, 3.63) is 95.2 Å². The van der Waals surface area contributed by atoms with Crippen molar-refractivity contribution < 1.29 is 30.7 Å². The van der Waals surface area contributed by atoms with Crippen LogP contribution in [0, 0.1) is 5.82 Å². The van der Waals surface area contributed by atoms with Gasteiger partial charge in [0.25, 0.3) is 0 Å². The lowest BCUT2D eigenvalue weighted by Crippen LogP contribution is -2.12. The average Bonchev–Trinajstić information content (AvgIpc) is 3.28. The van der Waals surface area contributed by atoms with E-state index in [0.717, 1.165) is 6.07 Å². The highest BCUT2D eigenvalue weighted by Crippen LogP contribution is 2.40. The number of imidazole rings is 1. The zero-order valence-corrected chi connectivity index (χ0v) is 18.5. The third kappa shape index (κ3) is 4.86. The van der Waals surface area contributed by atoms with Gasteiger partial charge in [-0.3, -0.25) is 4.98 Å². The fraction of sp³-hybridized carbons (Fsp3) is 0.120. The lowest BCUT2D eigenvalue weighted by molar-refractivity contribution is -0.142. The molecule has 0 bridgehead atoms. The Kier molecular flexibility index (Phi) is 5.89. The maximum atomic E-state index is 14.2. The van der Waals surface area contributed by atoms with E-state index >= 15 is 0 Å². The summed E-state index contributed by atoms with van der Waals surface area (Å²) >= 11 is 0. The van der Waals surface area contributed by atoms with E-state index in [1.807, 2.05) is 0 Å². The first-order valence-corrected chi connectivity index (χ1v) is 10.7. The third-order valence-corrected chi connectivity index (χ3v) is 5.60. The number of hydrogen-bond acceptors (Lipinski definition) is 4. The van der Waals surface area contributed by atoms with Crippen LogP contribution in [0.2, 0.25) is 0 Å². The van der Waals surface area contributed by atoms with Crippen LogP contribution in [0.1, 0.15) is 22.5 Å². The molecule has 5 rings (SSSR count). The highest BCUT2D eigenvalue weighted by Gasteiger charge is 2.38. The van der Waals surface area contributed by atoms with E-state index in [1.54, 1.807) is 24.3 Å². The summed E-state index contributed by atoms with van der Waals surface area (Å²) in [6.45, 7) is 0. The van der Waals surface area contributed by atoms with Gasteiger partial charge in [-0.15, -0.1) is 0 Å². The summed E-state index contributed by atoms with van der Waals surface area (Å²) in [4.78, 5) is 11.8. The Balaban J connectivity index is 1.46. The highest BCUT2D eigenvalue weighted by molar-refractivity contribution is 5.81. The van der Waals surface area contributed by atoms with Crippen molar-refractivity contribution in [3.8, 4) is 22.6 Å². The van der Waals surface area contributed by atoms with E-state index in [2.05, 4.69) is 25.1 Å². The number of nitrogens with zero attached hydrogens (tertiary/aromatic N) is 4. The summed E-state index contributed by atoms with van der Waals surface area (Å²) < 4.78 is 93.6. The van der Waals surface area contributed by atoms with E-state index in [9.17, 15) is 30.7 Å². The molecule has 0 aliphatic rings. The Morgan fingerprint density at radius 1 is 0.784 bits per heavy atom. The topological polar surface area (TPSA) is 67.3 Å². The van der Waals surface area contributed by atoms with Crippen LogP contribution in [0.5, 0.6) is 0 Å². The van der Waals surface area contributed by atoms with Crippen LogP contribution in [0.25, 0.3) is 33.7 Å². The second kappa shape index (κ2) is 8.95. The number of alkyl halides is 6. The number of pyridine rings is 1. The number of rotatable bonds is 4. The van der Waals surface area contributed by atoms with Crippen molar-refractivity contribution >= 4 is 11.0 Å². The van der Waals surface area contributed by atoms with Gasteiger partial charge in [-0.1, -0.05) is 18.2 Å². The molecule has 3 heterocycles. The van der Waals surface area contributed by atoms with Crippen molar-refractivity contribution in [3.63, 3.8) is 0 Å². The Morgan fingerprint density at radius 2 is 1.57 bits per heavy atom. The highest BCUT2D eigenvalue weighted by atomic mass is 19.4. The predicted octanol–water partition coefficient (Wildman–Crippen LogP) is 6.85. The molecule has 1 N–H and O–H groups in total. The van der Waals surface area contributed by atoms with Crippen LogP contribution >= 0.6 is 0 Å². The second-order valence-corrected chi connectivity index (χ2v) is 8.06. The van der Waals surface area contributed by atoms with Gasteiger partial charge in [0.05, 0.1) is 39.3 Å². The molecule has 0 spiro atoms. The van der Waals surface area contributed by atoms with E-state index in [1.165, 1.54) is 24.4 Å². The summed E-state index contributed by atoms with van der Waals surface area (Å²) in [5, 5.41) is 7.77. The maximum Gasteiger partial charge on any atom is 0.417 e. The van der Waals surface area contributed by atoms with Crippen LogP contribution in [-0.4, -0.2) is 25.1 Å². The lowest BCUT2D eigenvalue weighted by Gasteiger charge is -2.15. The molecular weight excluding hydrogens is 503 g/mol. The van der Waals surface area contributed by atoms with Gasteiger partial charge in [0.15, 0.2) is 0 Å². The molecule has 0 unspecified atom stereocenters. The van der Waals surface area contributed by atoms with Crippen LogP contribution in [0.15, 0.2) is 66.9 Å². The van der Waals surface area contributed by atoms with E-state index in [-0.39, 0.29) is 23.7 Å². The molecule has 12 heteroatoms. The number of nitrogens with one attached hydrogen (secondary N) is 1. The minimum atomic E-state index is -5.04. The normalized spacial score (nSPS) is 12.3. The largest absolute Gasteiger partial charge is 0.417 e. The average molecular weight is 517 g/mol. The first kappa shape index (κ1) is 24.3. The fourth-order valence-electron chi connectivity index (χ4n) is 3.85. The molecule has 0 radical (unpaired) electrons. The Morgan fingerprint density at radius 3 is 2.24 bits per heavy atom. The van der Waals surface area contributed by atoms with E-state index in [4.69, 9.17) is 0 Å². The van der Waals surface area contributed by atoms with Crippen LogP contribution in [0.3, 0.4) is 0 Å². The Bertz CT molecular complexity index is 1590. The summed E-state index contributed by atoms with van der Waals surface area (Å²) in [5.41, 5.74) is -1.54. The van der Waals surface area contributed by atoms with Crippen molar-refractivity contribution in [2.24, 2.45) is 0 Å². The van der Waals surface area contributed by atoms with Crippen molar-refractivity contribution in [1.82, 2.24) is 25.1 Å². The molecule has 0 atom stereocenters. The molecule has 2 aromatic carbocycles. The van der Waals surface area contributed by atoms with Gasteiger partial charge in [-0.25, -0.2) is 9.37 Å². The Labute approximate surface area is 204 Å². The zero-order chi connectivity index (χ0) is 26.4. The summed E-state index contributed by atoms with van der Waals surface area (Å²) in [5.74, 6) is -0.162. The lowest BCUT2D eigenvalue weighted by atomic mass is 10.00. The fourth-order valence-corrected chi connectivity index (χ4v) is 3.85. The summed E-state index contributed by atoms with van der Waals surface area (Å²) in [7, 11) is 0. The molecule has 0 saturated heterocycles. The predicted molar refractivity (Wildman–Crippen MR) is 120 cm³/mol. The molecule has 188 valence electrons. The first-order valence-electron chi connectivity index (χ1n) is 10.7. The molecule has 37 heavy (non-hydrogen) atoms. The van der Waals surface area contributed by atoms with Crippen LogP contribution in [0.4, 0.5) is 30.7 Å². The number of fused-ring (bicyclic) bond motifs is 1. The molecule has 0 amide bonds. The zero-order valence-electron chi connectivity index (χ0n) is 18.5. The van der Waals surface area contributed by atoms with Crippen LogP contribution in [-0.2, 0) is 18.8 Å². The molecule has 5 aromatic rings. The van der Waals surface area contributed by atoms with Gasteiger partial charge in [-0.2, -0.15) is 36.5 Å². The molecule has 0 aliphatic heterocycles. The quantitative estimate of drug-likeness (QED) is 0.265. The molecule has 3 aromatic heterocycles. The number of benzene rings is 2. The second-order valence-electron chi connectivity index (χ2n) is 8.06. The van der Waals surface area contributed by atoms with Gasteiger partial charge in [0.1, 0.15) is 17.2 Å².